The second kappa shape index (κ2) is 7.83. The van der Waals surface area contributed by atoms with E-state index in [9.17, 15) is 14.9 Å². The zero-order chi connectivity index (χ0) is 19.4. The summed E-state index contributed by atoms with van der Waals surface area (Å²) in [5.41, 5.74) is 1.19. The summed E-state index contributed by atoms with van der Waals surface area (Å²) in [7, 11) is 3.09. The number of benzene rings is 2. The zero-order valence-electron chi connectivity index (χ0n) is 14.5. The predicted molar refractivity (Wildman–Crippen MR) is 103 cm³/mol. The molecule has 138 valence electrons. The monoisotopic (exact) mass is 385 g/mol. The van der Waals surface area contributed by atoms with Crippen molar-refractivity contribution in [2.45, 2.75) is 0 Å². The van der Waals surface area contributed by atoms with E-state index in [2.05, 4.69) is 10.3 Å². The molecule has 0 aliphatic carbocycles. The largest absolute Gasteiger partial charge is 0.493 e. The van der Waals surface area contributed by atoms with Crippen LogP contribution in [0.2, 0.25) is 0 Å². The maximum atomic E-state index is 12.1. The van der Waals surface area contributed by atoms with E-state index in [1.807, 2.05) is 0 Å². The Kier molecular flexibility index (Phi) is 5.32. The Morgan fingerprint density at radius 2 is 1.96 bits per heavy atom. The lowest BCUT2D eigenvalue weighted by atomic mass is 10.2. The first-order valence-corrected chi connectivity index (χ1v) is 8.58. The second-order valence-corrected chi connectivity index (χ2v) is 6.40. The lowest BCUT2D eigenvalue weighted by molar-refractivity contribution is -0.384. The van der Waals surface area contributed by atoms with Gasteiger partial charge in [0.05, 0.1) is 29.4 Å². The van der Waals surface area contributed by atoms with Gasteiger partial charge in [-0.05, 0) is 29.8 Å². The standard InChI is InChI=1S/C18H15N3O5S/c1-25-14-6-3-11(9-15(14)26-2)4-8-17(22)20-18-19-13-10-12(21(23)24)5-7-16(13)27-18/h3-10H,1-2H3,(H,19,20,22)/b8-4+. The predicted octanol–water partition coefficient (Wildman–Crippen LogP) is 3.87. The van der Waals surface area contributed by atoms with Crippen LogP contribution >= 0.6 is 11.3 Å². The smallest absolute Gasteiger partial charge is 0.271 e. The van der Waals surface area contributed by atoms with Gasteiger partial charge in [-0.2, -0.15) is 0 Å². The number of non-ortho nitro benzene ring substituents is 1. The summed E-state index contributed by atoms with van der Waals surface area (Å²) in [6.45, 7) is 0. The number of methoxy groups -OCH3 is 2. The lowest BCUT2D eigenvalue weighted by Gasteiger charge is -2.07. The maximum Gasteiger partial charge on any atom is 0.271 e. The summed E-state index contributed by atoms with van der Waals surface area (Å²) < 4.78 is 11.1. The fraction of sp³-hybridized carbons (Fsp3) is 0.111. The van der Waals surface area contributed by atoms with Gasteiger partial charge in [-0.1, -0.05) is 17.4 Å². The molecule has 0 spiro atoms. The summed E-state index contributed by atoms with van der Waals surface area (Å²) in [6.07, 6.45) is 3.01. The molecule has 0 atom stereocenters. The normalized spacial score (nSPS) is 10.9. The molecule has 8 nitrogen and oxygen atoms in total. The van der Waals surface area contributed by atoms with Gasteiger partial charge in [0.15, 0.2) is 16.6 Å². The van der Waals surface area contributed by atoms with Crippen molar-refractivity contribution < 1.29 is 19.2 Å². The molecule has 3 rings (SSSR count). The van der Waals surface area contributed by atoms with Gasteiger partial charge >= 0.3 is 0 Å². The first kappa shape index (κ1) is 18.3. The third kappa shape index (κ3) is 4.21. The van der Waals surface area contributed by atoms with Crippen LogP contribution in [-0.2, 0) is 4.79 Å². The summed E-state index contributed by atoms with van der Waals surface area (Å²) >= 11 is 1.24. The molecule has 0 radical (unpaired) electrons. The van der Waals surface area contributed by atoms with E-state index in [-0.39, 0.29) is 11.6 Å². The van der Waals surface area contributed by atoms with Crippen LogP contribution in [0.5, 0.6) is 11.5 Å². The molecule has 0 saturated carbocycles. The van der Waals surface area contributed by atoms with Gasteiger partial charge in [-0.15, -0.1) is 0 Å². The van der Waals surface area contributed by atoms with Crippen LogP contribution in [0.25, 0.3) is 16.3 Å². The molecule has 0 unspecified atom stereocenters. The van der Waals surface area contributed by atoms with E-state index >= 15 is 0 Å². The number of nitrogens with one attached hydrogen (secondary N) is 1. The van der Waals surface area contributed by atoms with E-state index in [0.717, 1.165) is 10.3 Å². The first-order valence-electron chi connectivity index (χ1n) is 7.76. The van der Waals surface area contributed by atoms with Crippen molar-refractivity contribution in [2.75, 3.05) is 19.5 Å². The molecule has 1 N–H and O–H groups in total. The number of amides is 1. The lowest BCUT2D eigenvalue weighted by Crippen LogP contribution is -2.07. The van der Waals surface area contributed by atoms with Gasteiger partial charge in [0.25, 0.3) is 5.69 Å². The fourth-order valence-electron chi connectivity index (χ4n) is 2.36. The van der Waals surface area contributed by atoms with Gasteiger partial charge in [-0.25, -0.2) is 4.98 Å². The molecule has 9 heteroatoms. The maximum absolute atomic E-state index is 12.1. The molecule has 2 aromatic carbocycles. The van der Waals surface area contributed by atoms with E-state index in [0.29, 0.717) is 22.1 Å². The van der Waals surface area contributed by atoms with Gasteiger partial charge < -0.3 is 9.47 Å². The number of hydrogen-bond acceptors (Lipinski definition) is 7. The van der Waals surface area contributed by atoms with Crippen molar-refractivity contribution in [1.29, 1.82) is 0 Å². The van der Waals surface area contributed by atoms with Crippen molar-refractivity contribution in [3.05, 3.63) is 58.2 Å². The molecule has 1 amide bonds. The first-order chi connectivity index (χ1) is 13.0. The number of carbonyl (C=O) groups is 1. The number of aromatic nitrogens is 1. The van der Waals surface area contributed by atoms with Crippen LogP contribution in [0.15, 0.2) is 42.5 Å². The van der Waals surface area contributed by atoms with Crippen molar-refractivity contribution in [3.63, 3.8) is 0 Å². The molecule has 1 heterocycles. The van der Waals surface area contributed by atoms with Crippen LogP contribution in [0.3, 0.4) is 0 Å². The Labute approximate surface area is 158 Å². The molecule has 0 saturated heterocycles. The second-order valence-electron chi connectivity index (χ2n) is 5.37. The number of rotatable bonds is 6. The van der Waals surface area contributed by atoms with Gasteiger partial charge in [-0.3, -0.25) is 20.2 Å². The van der Waals surface area contributed by atoms with E-state index in [1.54, 1.807) is 37.5 Å². The summed E-state index contributed by atoms with van der Waals surface area (Å²) in [6, 6.07) is 9.68. The summed E-state index contributed by atoms with van der Waals surface area (Å²) in [5.74, 6) is 0.800. The van der Waals surface area contributed by atoms with Gasteiger partial charge in [0.2, 0.25) is 5.91 Å². The number of hydrogen-bond donors (Lipinski definition) is 1. The van der Waals surface area contributed by atoms with Crippen molar-refractivity contribution in [3.8, 4) is 11.5 Å². The van der Waals surface area contributed by atoms with Crippen LogP contribution in [0, 0.1) is 10.1 Å². The van der Waals surface area contributed by atoms with Crippen molar-refractivity contribution in [2.24, 2.45) is 0 Å². The molecule has 1 aromatic heterocycles. The molecule has 27 heavy (non-hydrogen) atoms. The van der Waals surface area contributed by atoms with Gasteiger partial charge in [0, 0.05) is 18.2 Å². The van der Waals surface area contributed by atoms with E-state index < -0.39 is 4.92 Å². The molecular formula is C18H15N3O5S. The molecule has 0 bridgehead atoms. The SMILES string of the molecule is COc1ccc(/C=C/C(=O)Nc2nc3cc([N+](=O)[O-])ccc3s2)cc1OC. The number of nitrogens with zero attached hydrogens (tertiary/aromatic N) is 2. The Balaban J connectivity index is 1.73. The highest BCUT2D eigenvalue weighted by Crippen LogP contribution is 2.29. The zero-order valence-corrected chi connectivity index (χ0v) is 15.3. The van der Waals surface area contributed by atoms with Crippen LogP contribution < -0.4 is 14.8 Å². The Morgan fingerprint density at radius 3 is 2.67 bits per heavy atom. The van der Waals surface area contributed by atoms with Gasteiger partial charge in [0.1, 0.15) is 0 Å². The minimum atomic E-state index is -0.483. The highest BCUT2D eigenvalue weighted by molar-refractivity contribution is 7.22. The molecular weight excluding hydrogens is 370 g/mol. The quantitative estimate of drug-likeness (QED) is 0.392. The minimum Gasteiger partial charge on any atom is -0.493 e. The Hall–Kier alpha value is -3.46. The molecule has 0 aliphatic rings. The highest BCUT2D eigenvalue weighted by Gasteiger charge is 2.11. The minimum absolute atomic E-state index is 0.0426. The number of anilines is 1. The van der Waals surface area contributed by atoms with Crippen LogP contribution in [0.1, 0.15) is 5.56 Å². The topological polar surface area (TPSA) is 104 Å². The molecule has 3 aromatic rings. The summed E-state index contributed by atoms with van der Waals surface area (Å²) in [5, 5.41) is 13.8. The third-order valence-corrected chi connectivity index (χ3v) is 4.60. The highest BCUT2D eigenvalue weighted by atomic mass is 32.1. The average Bonchev–Trinajstić information content (AvgIpc) is 3.07. The fourth-order valence-corrected chi connectivity index (χ4v) is 3.21. The van der Waals surface area contributed by atoms with Crippen LogP contribution in [-0.4, -0.2) is 30.0 Å². The van der Waals surface area contributed by atoms with E-state index in [1.165, 1.54) is 36.7 Å². The average molecular weight is 385 g/mol. The summed E-state index contributed by atoms with van der Waals surface area (Å²) in [4.78, 5) is 26.7. The molecule has 0 fully saturated rings. The number of nitro groups is 1. The van der Waals surface area contributed by atoms with Crippen molar-refractivity contribution in [1.82, 2.24) is 4.98 Å². The van der Waals surface area contributed by atoms with E-state index in [4.69, 9.17) is 9.47 Å². The Morgan fingerprint density at radius 1 is 1.19 bits per heavy atom. The number of carbonyl (C=O) groups excluding carboxylic acids is 1. The molecule has 0 aliphatic heterocycles. The number of fused-ring (bicyclic) bond motifs is 1. The number of thiazole rings is 1. The number of nitro benzene ring substituents is 1. The Bertz CT molecular complexity index is 1040. The number of ether oxygens (including phenoxy) is 2. The van der Waals surface area contributed by atoms with Crippen LogP contribution in [0.4, 0.5) is 10.8 Å². The third-order valence-electron chi connectivity index (χ3n) is 3.65. The van der Waals surface area contributed by atoms with Crippen molar-refractivity contribution >= 4 is 44.4 Å².